The van der Waals surface area contributed by atoms with Crippen molar-refractivity contribution in [3.8, 4) is 5.75 Å². The fraction of sp³-hybridized carbons (Fsp3) is 0.0833. The molecule has 4 aromatic rings. The van der Waals surface area contributed by atoms with Gasteiger partial charge in [-0.3, -0.25) is 4.79 Å². The van der Waals surface area contributed by atoms with Crippen LogP contribution in [0.3, 0.4) is 0 Å². The highest BCUT2D eigenvalue weighted by molar-refractivity contribution is 7.89. The van der Waals surface area contributed by atoms with Crippen molar-refractivity contribution in [3.63, 3.8) is 0 Å². The zero-order valence-electron chi connectivity index (χ0n) is 17.7. The first kappa shape index (κ1) is 22.1. The van der Waals surface area contributed by atoms with Crippen LogP contribution in [0.15, 0.2) is 99.3 Å². The number of nitrogens with one attached hydrogen (secondary N) is 2. The molecule has 0 aliphatic rings. The van der Waals surface area contributed by atoms with Crippen LogP contribution in [0.5, 0.6) is 5.75 Å². The number of para-hydroxylation sites is 1. The third-order valence-electron chi connectivity index (χ3n) is 4.64. The van der Waals surface area contributed by atoms with Gasteiger partial charge in [-0.25, -0.2) is 0 Å². The molecule has 168 valence electrons. The first-order valence-electron chi connectivity index (χ1n) is 10.1. The van der Waals surface area contributed by atoms with Crippen molar-refractivity contribution in [1.29, 1.82) is 0 Å². The second-order valence-electron chi connectivity index (χ2n) is 6.93. The number of ether oxygens (including phenoxy) is 1. The van der Waals surface area contributed by atoms with Crippen LogP contribution in [-0.4, -0.2) is 20.9 Å². The van der Waals surface area contributed by atoms with E-state index in [1.165, 1.54) is 12.1 Å². The molecule has 1 aromatic heterocycles. The maximum atomic E-state index is 13.0. The SMILES string of the molecule is CCOc1ccc(NC(=O)c2cc3ccccc3o/c2=N\NS(=O)(=O)c2ccccc2)cc1. The molecule has 0 bridgehead atoms. The van der Waals surface area contributed by atoms with E-state index < -0.39 is 15.9 Å². The van der Waals surface area contributed by atoms with Crippen molar-refractivity contribution < 1.29 is 22.4 Å². The van der Waals surface area contributed by atoms with Crippen LogP contribution < -0.4 is 20.4 Å². The monoisotopic (exact) mass is 463 g/mol. The summed E-state index contributed by atoms with van der Waals surface area (Å²) >= 11 is 0. The van der Waals surface area contributed by atoms with Gasteiger partial charge < -0.3 is 14.5 Å². The average Bonchev–Trinajstić information content (AvgIpc) is 2.84. The van der Waals surface area contributed by atoms with Crippen LogP contribution in [0.25, 0.3) is 11.0 Å². The number of carbonyl (C=O) groups excluding carboxylic acids is 1. The summed E-state index contributed by atoms with van der Waals surface area (Å²) in [5.74, 6) is 0.175. The van der Waals surface area contributed by atoms with Crippen molar-refractivity contribution >= 4 is 32.6 Å². The number of benzene rings is 3. The van der Waals surface area contributed by atoms with E-state index in [9.17, 15) is 13.2 Å². The highest BCUT2D eigenvalue weighted by atomic mass is 32.2. The van der Waals surface area contributed by atoms with Gasteiger partial charge in [-0.1, -0.05) is 36.4 Å². The second kappa shape index (κ2) is 9.58. The Labute approximate surface area is 190 Å². The molecule has 3 aromatic carbocycles. The van der Waals surface area contributed by atoms with Gasteiger partial charge in [0.25, 0.3) is 15.9 Å². The van der Waals surface area contributed by atoms with Crippen molar-refractivity contribution in [2.24, 2.45) is 5.10 Å². The number of rotatable bonds is 7. The fourth-order valence-electron chi connectivity index (χ4n) is 3.07. The third-order valence-corrected chi connectivity index (χ3v) is 5.87. The lowest BCUT2D eigenvalue weighted by atomic mass is 10.1. The summed E-state index contributed by atoms with van der Waals surface area (Å²) < 4.78 is 36.3. The smallest absolute Gasteiger partial charge is 0.276 e. The Hall–Kier alpha value is -4.11. The van der Waals surface area contributed by atoms with Crippen LogP contribution in [-0.2, 0) is 10.0 Å². The summed E-state index contributed by atoms with van der Waals surface area (Å²) in [7, 11) is -3.95. The Bertz CT molecular complexity index is 1450. The molecule has 0 fully saturated rings. The number of anilines is 1. The summed E-state index contributed by atoms with van der Waals surface area (Å²) in [5.41, 5.74) is 0.884. The van der Waals surface area contributed by atoms with E-state index in [1.807, 2.05) is 6.92 Å². The minimum absolute atomic E-state index is 0.0370. The second-order valence-corrected chi connectivity index (χ2v) is 8.59. The number of amides is 1. The van der Waals surface area contributed by atoms with Crippen LogP contribution in [0, 0.1) is 0 Å². The van der Waals surface area contributed by atoms with Crippen molar-refractivity contribution in [2.75, 3.05) is 11.9 Å². The first-order valence-corrected chi connectivity index (χ1v) is 11.6. The van der Waals surface area contributed by atoms with Gasteiger partial charge in [0.2, 0.25) is 5.55 Å². The Morgan fingerprint density at radius 3 is 2.39 bits per heavy atom. The Morgan fingerprint density at radius 2 is 1.67 bits per heavy atom. The molecule has 8 nitrogen and oxygen atoms in total. The average molecular weight is 464 g/mol. The molecule has 33 heavy (non-hydrogen) atoms. The van der Waals surface area contributed by atoms with E-state index in [0.717, 1.165) is 0 Å². The van der Waals surface area contributed by atoms with Crippen molar-refractivity contribution in [1.82, 2.24) is 4.83 Å². The lowest BCUT2D eigenvalue weighted by Gasteiger charge is -2.08. The molecule has 0 saturated carbocycles. The third kappa shape index (κ3) is 5.21. The molecule has 0 radical (unpaired) electrons. The highest BCUT2D eigenvalue weighted by Crippen LogP contribution is 2.18. The number of fused-ring (bicyclic) bond motifs is 1. The molecular weight excluding hydrogens is 442 g/mol. The maximum Gasteiger partial charge on any atom is 0.276 e. The molecule has 9 heteroatoms. The molecule has 0 aliphatic carbocycles. The standard InChI is InChI=1S/C24H21N3O5S/c1-2-31-19-14-12-18(13-15-19)25-23(28)21-16-17-8-6-7-11-22(17)32-24(21)26-27-33(29,30)20-9-4-3-5-10-20/h3-16,27H,2H2,1H3,(H,25,28)/b26-24-. The number of sulfonamides is 1. The molecule has 2 N–H and O–H groups in total. The van der Waals surface area contributed by atoms with Gasteiger partial charge in [0.15, 0.2) is 0 Å². The molecule has 0 unspecified atom stereocenters. The molecular formula is C24H21N3O5S. The molecule has 0 aliphatic heterocycles. The Balaban J connectivity index is 1.70. The van der Waals surface area contributed by atoms with Gasteiger partial charge in [0.1, 0.15) is 16.9 Å². The lowest BCUT2D eigenvalue weighted by molar-refractivity contribution is 0.102. The van der Waals surface area contributed by atoms with E-state index in [1.54, 1.807) is 72.8 Å². The van der Waals surface area contributed by atoms with E-state index in [4.69, 9.17) is 9.15 Å². The fourth-order valence-corrected chi connectivity index (χ4v) is 3.89. The van der Waals surface area contributed by atoms with Gasteiger partial charge in [-0.15, -0.1) is 5.10 Å². The Kier molecular flexibility index (Phi) is 6.41. The van der Waals surface area contributed by atoms with Crippen molar-refractivity contribution in [2.45, 2.75) is 11.8 Å². The molecule has 0 spiro atoms. The van der Waals surface area contributed by atoms with Crippen LogP contribution in [0.4, 0.5) is 5.69 Å². The van der Waals surface area contributed by atoms with Gasteiger partial charge in [0, 0.05) is 11.1 Å². The molecule has 1 amide bonds. The van der Waals surface area contributed by atoms with Crippen molar-refractivity contribution in [3.05, 3.63) is 96.0 Å². The van der Waals surface area contributed by atoms with Crippen LogP contribution in [0.1, 0.15) is 17.3 Å². The summed E-state index contributed by atoms with van der Waals surface area (Å²) in [6.45, 7) is 2.42. The van der Waals surface area contributed by atoms with E-state index in [0.29, 0.717) is 29.0 Å². The highest BCUT2D eigenvalue weighted by Gasteiger charge is 2.16. The Morgan fingerprint density at radius 1 is 0.970 bits per heavy atom. The number of hydrogen-bond donors (Lipinski definition) is 2. The zero-order valence-corrected chi connectivity index (χ0v) is 18.5. The van der Waals surface area contributed by atoms with Gasteiger partial charge in [-0.2, -0.15) is 13.2 Å². The zero-order chi connectivity index (χ0) is 23.3. The molecule has 0 atom stereocenters. The predicted octanol–water partition coefficient (Wildman–Crippen LogP) is 3.88. The summed E-state index contributed by atoms with van der Waals surface area (Å²) in [6.07, 6.45) is 0. The van der Waals surface area contributed by atoms with E-state index in [2.05, 4.69) is 15.2 Å². The summed E-state index contributed by atoms with van der Waals surface area (Å²) in [4.78, 5) is 15.2. The number of carbonyl (C=O) groups is 1. The minimum Gasteiger partial charge on any atom is -0.494 e. The quantitative estimate of drug-likeness (QED) is 0.404. The largest absolute Gasteiger partial charge is 0.494 e. The van der Waals surface area contributed by atoms with E-state index >= 15 is 0 Å². The topological polar surface area (TPSA) is 110 Å². The molecule has 1 heterocycles. The van der Waals surface area contributed by atoms with E-state index in [-0.39, 0.29) is 16.0 Å². The van der Waals surface area contributed by atoms with Gasteiger partial charge >= 0.3 is 0 Å². The number of hydrogen-bond acceptors (Lipinski definition) is 6. The minimum atomic E-state index is -3.95. The molecule has 0 saturated heterocycles. The predicted molar refractivity (Wildman–Crippen MR) is 124 cm³/mol. The first-order chi connectivity index (χ1) is 16.0. The maximum absolute atomic E-state index is 13.0. The normalized spacial score (nSPS) is 11.8. The van der Waals surface area contributed by atoms with Gasteiger partial charge in [-0.05, 0) is 55.5 Å². The van der Waals surface area contributed by atoms with Crippen LogP contribution in [0.2, 0.25) is 0 Å². The number of nitrogens with zero attached hydrogens (tertiary/aromatic N) is 1. The van der Waals surface area contributed by atoms with Crippen LogP contribution >= 0.6 is 0 Å². The lowest BCUT2D eigenvalue weighted by Crippen LogP contribution is -2.27. The summed E-state index contributed by atoms with van der Waals surface area (Å²) in [6, 6.07) is 23.3. The summed E-state index contributed by atoms with van der Waals surface area (Å²) in [5, 5.41) is 7.36. The molecule has 4 rings (SSSR count). The van der Waals surface area contributed by atoms with Gasteiger partial charge in [0.05, 0.1) is 11.5 Å².